The number of rotatable bonds is 4. The summed E-state index contributed by atoms with van der Waals surface area (Å²) in [6.45, 7) is 0.592. The van der Waals surface area contributed by atoms with E-state index in [0.717, 1.165) is 29.1 Å². The second kappa shape index (κ2) is 5.21. The van der Waals surface area contributed by atoms with Gasteiger partial charge in [-0.2, -0.15) is 5.10 Å². The summed E-state index contributed by atoms with van der Waals surface area (Å²) in [5.41, 5.74) is 8.19. The summed E-state index contributed by atoms with van der Waals surface area (Å²) in [4.78, 5) is 0. The average molecular weight is 252 g/mol. The molecule has 0 atom stereocenters. The van der Waals surface area contributed by atoms with Crippen LogP contribution in [0.4, 0.5) is 0 Å². The Hall–Kier alpha value is -1.52. The second-order valence-corrected chi connectivity index (χ2v) is 4.10. The minimum Gasteiger partial charge on any atom is -0.496 e. The Morgan fingerprint density at radius 3 is 2.94 bits per heavy atom. The van der Waals surface area contributed by atoms with Crippen molar-refractivity contribution in [3.8, 4) is 17.0 Å². The molecule has 2 rings (SSSR count). The first-order chi connectivity index (χ1) is 8.24. The summed E-state index contributed by atoms with van der Waals surface area (Å²) >= 11 is 5.98. The highest BCUT2D eigenvalue weighted by atomic mass is 35.5. The zero-order valence-electron chi connectivity index (χ0n) is 9.53. The number of hydrogen-bond donors (Lipinski definition) is 2. The molecule has 0 aliphatic carbocycles. The summed E-state index contributed by atoms with van der Waals surface area (Å²) in [6.07, 6.45) is 0.774. The molecule has 0 saturated heterocycles. The highest BCUT2D eigenvalue weighted by Gasteiger charge is 2.10. The average Bonchev–Trinajstić information content (AvgIpc) is 2.78. The maximum absolute atomic E-state index is 5.98. The fourth-order valence-corrected chi connectivity index (χ4v) is 1.84. The van der Waals surface area contributed by atoms with Gasteiger partial charge >= 0.3 is 0 Å². The van der Waals surface area contributed by atoms with Crippen LogP contribution < -0.4 is 10.5 Å². The Balaban J connectivity index is 2.40. The van der Waals surface area contributed by atoms with Crippen LogP contribution in [-0.4, -0.2) is 23.9 Å². The largest absolute Gasteiger partial charge is 0.496 e. The van der Waals surface area contributed by atoms with Gasteiger partial charge in [-0.25, -0.2) is 0 Å². The molecule has 0 amide bonds. The van der Waals surface area contributed by atoms with Gasteiger partial charge < -0.3 is 10.5 Å². The lowest BCUT2D eigenvalue weighted by atomic mass is 10.1. The van der Waals surface area contributed by atoms with E-state index >= 15 is 0 Å². The van der Waals surface area contributed by atoms with Crippen LogP contribution in [0.5, 0.6) is 5.75 Å². The minimum absolute atomic E-state index is 0.592. The Kier molecular flexibility index (Phi) is 3.66. The van der Waals surface area contributed by atoms with E-state index in [0.29, 0.717) is 11.6 Å². The van der Waals surface area contributed by atoms with Crippen LogP contribution in [0, 0.1) is 0 Å². The van der Waals surface area contributed by atoms with Crippen molar-refractivity contribution in [2.45, 2.75) is 6.42 Å². The van der Waals surface area contributed by atoms with E-state index in [9.17, 15) is 0 Å². The molecular formula is C12H14ClN3O. The fraction of sp³-hybridized carbons (Fsp3) is 0.250. The maximum Gasteiger partial charge on any atom is 0.128 e. The Labute approximate surface area is 105 Å². The Morgan fingerprint density at radius 2 is 2.24 bits per heavy atom. The van der Waals surface area contributed by atoms with Gasteiger partial charge in [0.15, 0.2) is 0 Å². The van der Waals surface area contributed by atoms with Crippen LogP contribution >= 0.6 is 11.6 Å². The van der Waals surface area contributed by atoms with Crippen LogP contribution in [0.3, 0.4) is 0 Å². The molecule has 2 aromatic rings. The van der Waals surface area contributed by atoms with Gasteiger partial charge in [0.25, 0.3) is 0 Å². The van der Waals surface area contributed by atoms with Gasteiger partial charge in [-0.15, -0.1) is 0 Å². The van der Waals surface area contributed by atoms with E-state index in [-0.39, 0.29) is 0 Å². The first-order valence-electron chi connectivity index (χ1n) is 5.33. The van der Waals surface area contributed by atoms with Gasteiger partial charge in [0.1, 0.15) is 5.75 Å². The summed E-state index contributed by atoms with van der Waals surface area (Å²) in [5.74, 6) is 0.750. The van der Waals surface area contributed by atoms with Gasteiger partial charge in [0.2, 0.25) is 0 Å². The van der Waals surface area contributed by atoms with E-state index < -0.39 is 0 Å². The normalized spacial score (nSPS) is 10.5. The molecule has 0 bridgehead atoms. The molecule has 0 saturated carbocycles. The third-order valence-corrected chi connectivity index (χ3v) is 2.72. The molecule has 1 heterocycles. The topological polar surface area (TPSA) is 63.9 Å². The van der Waals surface area contributed by atoms with E-state index in [1.807, 2.05) is 18.2 Å². The molecule has 17 heavy (non-hydrogen) atoms. The molecule has 90 valence electrons. The van der Waals surface area contributed by atoms with Crippen molar-refractivity contribution in [1.82, 2.24) is 10.2 Å². The standard InChI is InChI=1S/C12H14ClN3O/c1-17-12-3-2-8(13)6-10(12)11-7-9(4-5-14)15-16-11/h2-3,6-7H,4-5,14H2,1H3,(H,15,16). The number of hydrogen-bond acceptors (Lipinski definition) is 3. The summed E-state index contributed by atoms with van der Waals surface area (Å²) in [6, 6.07) is 7.41. The van der Waals surface area contributed by atoms with E-state index in [4.69, 9.17) is 22.1 Å². The molecule has 0 spiro atoms. The van der Waals surface area contributed by atoms with Crippen molar-refractivity contribution >= 4 is 11.6 Å². The number of nitrogens with one attached hydrogen (secondary N) is 1. The number of ether oxygens (including phenoxy) is 1. The summed E-state index contributed by atoms with van der Waals surface area (Å²) < 4.78 is 5.29. The quantitative estimate of drug-likeness (QED) is 0.876. The maximum atomic E-state index is 5.98. The van der Waals surface area contributed by atoms with Crippen molar-refractivity contribution in [3.05, 3.63) is 35.0 Å². The van der Waals surface area contributed by atoms with Crippen LogP contribution in [0.1, 0.15) is 5.69 Å². The van der Waals surface area contributed by atoms with Gasteiger partial charge in [-0.1, -0.05) is 11.6 Å². The molecule has 0 radical (unpaired) electrons. The van der Waals surface area contributed by atoms with Crippen molar-refractivity contribution in [1.29, 1.82) is 0 Å². The number of nitrogens with two attached hydrogens (primary N) is 1. The minimum atomic E-state index is 0.592. The molecule has 0 aliphatic heterocycles. The van der Waals surface area contributed by atoms with Crippen LogP contribution in [0.15, 0.2) is 24.3 Å². The second-order valence-electron chi connectivity index (χ2n) is 3.66. The number of nitrogens with zero attached hydrogens (tertiary/aromatic N) is 1. The zero-order valence-corrected chi connectivity index (χ0v) is 10.3. The SMILES string of the molecule is COc1ccc(Cl)cc1-c1cc(CCN)[nH]n1. The zero-order chi connectivity index (χ0) is 12.3. The highest BCUT2D eigenvalue weighted by molar-refractivity contribution is 6.30. The molecule has 3 N–H and O–H groups in total. The van der Waals surface area contributed by atoms with Crippen LogP contribution in [0.25, 0.3) is 11.3 Å². The number of halogens is 1. The predicted octanol–water partition coefficient (Wildman–Crippen LogP) is 2.24. The smallest absolute Gasteiger partial charge is 0.128 e. The van der Waals surface area contributed by atoms with Gasteiger partial charge in [0.05, 0.1) is 12.8 Å². The van der Waals surface area contributed by atoms with E-state index in [2.05, 4.69) is 10.2 Å². The van der Waals surface area contributed by atoms with Crippen molar-refractivity contribution in [2.75, 3.05) is 13.7 Å². The lowest BCUT2D eigenvalue weighted by molar-refractivity contribution is 0.416. The predicted molar refractivity (Wildman–Crippen MR) is 68.3 cm³/mol. The lowest BCUT2D eigenvalue weighted by Crippen LogP contribution is -2.02. The molecule has 0 aliphatic rings. The number of methoxy groups -OCH3 is 1. The lowest BCUT2D eigenvalue weighted by Gasteiger charge is -2.05. The van der Waals surface area contributed by atoms with Crippen molar-refractivity contribution in [2.24, 2.45) is 5.73 Å². The highest BCUT2D eigenvalue weighted by Crippen LogP contribution is 2.31. The Morgan fingerprint density at radius 1 is 1.41 bits per heavy atom. The van der Waals surface area contributed by atoms with Crippen LogP contribution in [-0.2, 0) is 6.42 Å². The molecule has 4 nitrogen and oxygen atoms in total. The molecule has 5 heteroatoms. The molecule has 1 aromatic carbocycles. The third-order valence-electron chi connectivity index (χ3n) is 2.48. The van der Waals surface area contributed by atoms with Gasteiger partial charge in [-0.05, 0) is 30.8 Å². The first-order valence-corrected chi connectivity index (χ1v) is 5.70. The third kappa shape index (κ3) is 2.60. The summed E-state index contributed by atoms with van der Waals surface area (Å²) in [7, 11) is 1.63. The molecular weight excluding hydrogens is 238 g/mol. The fourth-order valence-electron chi connectivity index (χ4n) is 1.66. The van der Waals surface area contributed by atoms with Crippen molar-refractivity contribution < 1.29 is 4.74 Å². The van der Waals surface area contributed by atoms with Crippen molar-refractivity contribution in [3.63, 3.8) is 0 Å². The van der Waals surface area contributed by atoms with E-state index in [1.54, 1.807) is 13.2 Å². The van der Waals surface area contributed by atoms with E-state index in [1.165, 1.54) is 0 Å². The number of aromatic nitrogens is 2. The number of benzene rings is 1. The number of aromatic amines is 1. The van der Waals surface area contributed by atoms with Gasteiger partial charge in [-0.3, -0.25) is 5.10 Å². The molecule has 0 fully saturated rings. The van der Waals surface area contributed by atoms with Gasteiger partial charge in [0, 0.05) is 22.7 Å². The monoisotopic (exact) mass is 251 g/mol. The first kappa shape index (κ1) is 12.0. The Bertz CT molecular complexity index is 510. The summed E-state index contributed by atoms with van der Waals surface area (Å²) in [5, 5.41) is 7.84. The molecule has 0 unspecified atom stereocenters. The van der Waals surface area contributed by atoms with Crippen LogP contribution in [0.2, 0.25) is 5.02 Å². The molecule has 1 aromatic heterocycles. The number of H-pyrrole nitrogens is 1.